The molecule has 4 heteroatoms. The van der Waals surface area contributed by atoms with Gasteiger partial charge in [-0.3, -0.25) is 9.59 Å². The molecule has 1 N–H and O–H groups in total. The van der Waals surface area contributed by atoms with Gasteiger partial charge in [0, 0.05) is 29.7 Å². The number of anilines is 1. The first kappa shape index (κ1) is 20.0. The molecule has 0 aliphatic rings. The predicted octanol–water partition coefficient (Wildman–Crippen LogP) is 4.64. The average molecular weight is 354 g/mol. The van der Waals surface area contributed by atoms with Crippen molar-refractivity contribution in [3.8, 4) is 0 Å². The molecule has 1 amide bonds. The monoisotopic (exact) mass is 354 g/mol. The normalized spacial score (nSPS) is 10.8. The molecule has 4 nitrogen and oxygen atoms in total. The van der Waals surface area contributed by atoms with Crippen molar-refractivity contribution in [1.29, 1.82) is 0 Å². The highest BCUT2D eigenvalue weighted by Gasteiger charge is 2.20. The summed E-state index contributed by atoms with van der Waals surface area (Å²) in [6.07, 6.45) is 3.57. The summed E-state index contributed by atoms with van der Waals surface area (Å²) >= 11 is 0. The van der Waals surface area contributed by atoms with Crippen LogP contribution in [0.5, 0.6) is 0 Å². The molecule has 2 rings (SSSR count). The van der Waals surface area contributed by atoms with Crippen LogP contribution in [0.1, 0.15) is 66.5 Å². The second-order valence-electron chi connectivity index (χ2n) is 6.75. The number of hydrogen-bond donors (Lipinski definition) is 1. The number of carbonyl (C=O) groups excluding carboxylic acids is 1. The largest absolute Gasteiger partial charge is 0.348 e. The molecule has 0 bridgehead atoms. The molecule has 2 aromatic rings. The number of nitrogens with one attached hydrogen (secondary N) is 1. The Morgan fingerprint density at radius 1 is 1.12 bits per heavy atom. The Kier molecular flexibility index (Phi) is 6.78. The van der Waals surface area contributed by atoms with Crippen molar-refractivity contribution in [3.63, 3.8) is 0 Å². The van der Waals surface area contributed by atoms with E-state index in [2.05, 4.69) is 23.7 Å². The summed E-state index contributed by atoms with van der Waals surface area (Å²) < 4.78 is 2.12. The lowest BCUT2D eigenvalue weighted by Gasteiger charge is -2.20. The summed E-state index contributed by atoms with van der Waals surface area (Å²) in [5, 5.41) is 3.01. The molecule has 0 aliphatic heterocycles. The predicted molar refractivity (Wildman–Crippen MR) is 108 cm³/mol. The van der Waals surface area contributed by atoms with Crippen molar-refractivity contribution < 1.29 is 4.79 Å². The van der Waals surface area contributed by atoms with E-state index in [0.29, 0.717) is 6.42 Å². The van der Waals surface area contributed by atoms with E-state index in [1.165, 1.54) is 0 Å². The molecular formula is C22H30N2O2. The lowest BCUT2D eigenvalue weighted by atomic mass is 10.0. The van der Waals surface area contributed by atoms with Gasteiger partial charge in [-0.2, -0.15) is 0 Å². The van der Waals surface area contributed by atoms with Crippen LogP contribution < -0.4 is 10.7 Å². The number of amides is 1. The molecule has 0 fully saturated rings. The number of para-hydroxylation sites is 1. The molecule has 1 aromatic carbocycles. The van der Waals surface area contributed by atoms with Crippen molar-refractivity contribution in [2.45, 2.75) is 66.8 Å². The highest BCUT2D eigenvalue weighted by atomic mass is 16.2. The molecule has 0 atom stereocenters. The van der Waals surface area contributed by atoms with Crippen molar-refractivity contribution in [2.75, 3.05) is 5.32 Å². The zero-order valence-corrected chi connectivity index (χ0v) is 16.6. The maximum Gasteiger partial charge on any atom is 0.261 e. The Morgan fingerprint density at radius 3 is 2.46 bits per heavy atom. The Hall–Kier alpha value is -2.36. The van der Waals surface area contributed by atoms with Gasteiger partial charge >= 0.3 is 0 Å². The number of rotatable bonds is 7. The van der Waals surface area contributed by atoms with Crippen molar-refractivity contribution in [3.05, 3.63) is 62.6 Å². The number of hydrogen-bond acceptors (Lipinski definition) is 2. The molecule has 1 aromatic heterocycles. The van der Waals surface area contributed by atoms with Crippen molar-refractivity contribution >= 4 is 11.6 Å². The van der Waals surface area contributed by atoms with Gasteiger partial charge < -0.3 is 9.88 Å². The molecule has 140 valence electrons. The van der Waals surface area contributed by atoms with Crippen LogP contribution in [0.4, 0.5) is 5.69 Å². The van der Waals surface area contributed by atoms with Gasteiger partial charge in [-0.25, -0.2) is 0 Å². The molecule has 0 unspecified atom stereocenters. The fourth-order valence-corrected chi connectivity index (χ4v) is 3.45. The number of aromatic nitrogens is 1. The van der Waals surface area contributed by atoms with E-state index in [4.69, 9.17) is 0 Å². The van der Waals surface area contributed by atoms with Gasteiger partial charge in [0.1, 0.15) is 5.56 Å². The van der Waals surface area contributed by atoms with Crippen molar-refractivity contribution in [1.82, 2.24) is 4.57 Å². The Labute approximate surface area is 156 Å². The van der Waals surface area contributed by atoms with E-state index >= 15 is 0 Å². The van der Waals surface area contributed by atoms with E-state index in [9.17, 15) is 9.59 Å². The van der Waals surface area contributed by atoms with Crippen molar-refractivity contribution in [2.24, 2.45) is 0 Å². The minimum Gasteiger partial charge on any atom is -0.348 e. The fraction of sp³-hybridized carbons (Fsp3) is 0.455. The number of pyridine rings is 1. The molecule has 26 heavy (non-hydrogen) atoms. The first-order valence-corrected chi connectivity index (χ1v) is 9.57. The number of unbranched alkanes of at least 4 members (excludes halogenated alkanes) is 1. The zero-order valence-electron chi connectivity index (χ0n) is 16.6. The van der Waals surface area contributed by atoms with E-state index in [-0.39, 0.29) is 16.9 Å². The molecule has 1 heterocycles. The third kappa shape index (κ3) is 4.06. The minimum atomic E-state index is -0.305. The average Bonchev–Trinajstić information content (AvgIpc) is 2.61. The number of carbonyl (C=O) groups is 1. The Bertz CT molecular complexity index is 850. The van der Waals surface area contributed by atoms with Gasteiger partial charge in [-0.05, 0) is 44.2 Å². The third-order valence-corrected chi connectivity index (χ3v) is 4.90. The van der Waals surface area contributed by atoms with Crippen LogP contribution in [0, 0.1) is 13.8 Å². The second kappa shape index (κ2) is 8.84. The number of aryl methyl sites for hydroxylation is 3. The summed E-state index contributed by atoms with van der Waals surface area (Å²) in [7, 11) is 0. The Balaban J connectivity index is 2.51. The molecule has 0 aliphatic carbocycles. The molecular weight excluding hydrogens is 324 g/mol. The molecule has 0 spiro atoms. The zero-order chi connectivity index (χ0) is 19.3. The first-order chi connectivity index (χ1) is 12.4. The molecule has 0 saturated carbocycles. The van der Waals surface area contributed by atoms with Gasteiger partial charge in [0.25, 0.3) is 5.91 Å². The molecule has 0 radical (unpaired) electrons. The van der Waals surface area contributed by atoms with Crippen LogP contribution in [0.15, 0.2) is 29.1 Å². The number of nitrogens with zero attached hydrogens (tertiary/aromatic N) is 1. The lowest BCUT2D eigenvalue weighted by Crippen LogP contribution is -2.28. The number of benzene rings is 1. The highest BCUT2D eigenvalue weighted by molar-refractivity contribution is 6.05. The summed E-state index contributed by atoms with van der Waals surface area (Å²) in [6.45, 7) is 10.9. The standard InChI is InChI=1S/C22H30N2O2/c1-6-9-13-24-16(5)14-19(25)20(18(24)8-3)22(26)23-21-15(4)11-10-12-17(21)7-2/h10-12,14H,6-9,13H2,1-5H3,(H,23,26). The summed E-state index contributed by atoms with van der Waals surface area (Å²) in [5.41, 5.74) is 4.73. The van der Waals surface area contributed by atoms with E-state index in [1.54, 1.807) is 6.07 Å². The quantitative estimate of drug-likeness (QED) is 0.787. The van der Waals surface area contributed by atoms with Crippen LogP contribution in [0.3, 0.4) is 0 Å². The maximum atomic E-state index is 13.0. The van der Waals surface area contributed by atoms with Crippen LogP contribution in [-0.2, 0) is 19.4 Å². The van der Waals surface area contributed by atoms with E-state index < -0.39 is 0 Å². The molecule has 0 saturated heterocycles. The third-order valence-electron chi connectivity index (χ3n) is 4.90. The SMILES string of the molecule is CCCCn1c(C)cc(=O)c(C(=O)Nc2c(C)cccc2CC)c1CC. The first-order valence-electron chi connectivity index (χ1n) is 9.57. The van der Waals surface area contributed by atoms with E-state index in [1.807, 2.05) is 39.0 Å². The van der Waals surface area contributed by atoms with Gasteiger partial charge in [-0.1, -0.05) is 45.4 Å². The minimum absolute atomic E-state index is 0.198. The lowest BCUT2D eigenvalue weighted by molar-refractivity contribution is 0.102. The van der Waals surface area contributed by atoms with Crippen LogP contribution in [-0.4, -0.2) is 10.5 Å². The Morgan fingerprint density at radius 2 is 1.85 bits per heavy atom. The fourth-order valence-electron chi connectivity index (χ4n) is 3.45. The maximum absolute atomic E-state index is 13.0. The summed E-state index contributed by atoms with van der Waals surface area (Å²) in [4.78, 5) is 25.7. The van der Waals surface area contributed by atoms with E-state index in [0.717, 1.165) is 54.0 Å². The van der Waals surface area contributed by atoms with Gasteiger partial charge in [0.2, 0.25) is 0 Å². The smallest absolute Gasteiger partial charge is 0.261 e. The van der Waals surface area contributed by atoms with Crippen LogP contribution in [0.25, 0.3) is 0 Å². The highest BCUT2D eigenvalue weighted by Crippen LogP contribution is 2.22. The van der Waals surface area contributed by atoms with Crippen LogP contribution in [0.2, 0.25) is 0 Å². The summed E-state index contributed by atoms with van der Waals surface area (Å²) in [6, 6.07) is 7.56. The second-order valence-corrected chi connectivity index (χ2v) is 6.75. The van der Waals surface area contributed by atoms with Gasteiger partial charge in [0.15, 0.2) is 5.43 Å². The summed E-state index contributed by atoms with van der Waals surface area (Å²) in [5.74, 6) is -0.305. The topological polar surface area (TPSA) is 51.1 Å². The van der Waals surface area contributed by atoms with Crippen LogP contribution >= 0.6 is 0 Å². The van der Waals surface area contributed by atoms with Gasteiger partial charge in [0.05, 0.1) is 0 Å². The van der Waals surface area contributed by atoms with Gasteiger partial charge in [-0.15, -0.1) is 0 Å².